The number of pyridine rings is 1. The topological polar surface area (TPSA) is 59.5 Å². The molecule has 0 N–H and O–H groups in total. The fourth-order valence-electron chi connectivity index (χ4n) is 2.86. The van der Waals surface area contributed by atoms with Crippen molar-refractivity contribution in [3.05, 3.63) is 76.8 Å². The number of allylic oxidation sites excluding steroid dienone is 1. The van der Waals surface area contributed by atoms with Crippen LogP contribution in [0.5, 0.6) is 5.75 Å². The van der Waals surface area contributed by atoms with Crippen molar-refractivity contribution in [3.8, 4) is 23.1 Å². The highest BCUT2D eigenvalue weighted by atomic mass is 19.1. The van der Waals surface area contributed by atoms with Crippen LogP contribution in [0.1, 0.15) is 5.56 Å². The molecule has 0 fully saturated rings. The van der Waals surface area contributed by atoms with Gasteiger partial charge in [0.2, 0.25) is 0 Å². The summed E-state index contributed by atoms with van der Waals surface area (Å²) in [7, 11) is 2.65. The summed E-state index contributed by atoms with van der Waals surface area (Å²) in [6, 6.07) is 12.1. The lowest BCUT2D eigenvalue weighted by Crippen LogP contribution is -2.00. The van der Waals surface area contributed by atoms with Crippen molar-refractivity contribution < 1.29 is 18.3 Å². The summed E-state index contributed by atoms with van der Waals surface area (Å²) in [5.74, 6) is -1.42. The highest BCUT2D eigenvalue weighted by Crippen LogP contribution is 2.36. The molecule has 0 radical (unpaired) electrons. The standard InChI is InChI=1S/C21H13F2N3O2/c1-25-17(11-24)20(27-2)12-8-9-14-16(10-12)26-19(18(23)21(14)28-3)13-6-4-5-7-15(13)22/h4-10H,2-3H3/b20-17-. The van der Waals surface area contributed by atoms with Gasteiger partial charge in [0.25, 0.3) is 0 Å². The molecule has 2 aromatic carbocycles. The van der Waals surface area contributed by atoms with Crippen LogP contribution in [0.3, 0.4) is 0 Å². The highest BCUT2D eigenvalue weighted by Gasteiger charge is 2.20. The number of hydrogen-bond acceptors (Lipinski definition) is 4. The van der Waals surface area contributed by atoms with Gasteiger partial charge in [0.05, 0.1) is 32.4 Å². The fourth-order valence-corrected chi connectivity index (χ4v) is 2.86. The van der Waals surface area contributed by atoms with E-state index >= 15 is 0 Å². The molecule has 0 aliphatic rings. The molecule has 0 aliphatic carbocycles. The first-order valence-corrected chi connectivity index (χ1v) is 8.04. The maximum atomic E-state index is 15.0. The van der Waals surface area contributed by atoms with E-state index in [1.54, 1.807) is 24.3 Å². The van der Waals surface area contributed by atoms with Gasteiger partial charge < -0.3 is 9.47 Å². The van der Waals surface area contributed by atoms with Crippen molar-refractivity contribution in [2.45, 2.75) is 0 Å². The van der Waals surface area contributed by atoms with Crippen LogP contribution in [0, 0.1) is 29.5 Å². The highest BCUT2D eigenvalue weighted by molar-refractivity contribution is 5.91. The Morgan fingerprint density at radius 1 is 1.18 bits per heavy atom. The molecule has 3 rings (SSSR count). The molecule has 0 bridgehead atoms. The van der Waals surface area contributed by atoms with Crippen LogP contribution < -0.4 is 4.74 Å². The first-order valence-electron chi connectivity index (χ1n) is 8.04. The van der Waals surface area contributed by atoms with Gasteiger partial charge in [0.1, 0.15) is 17.3 Å². The number of rotatable bonds is 4. The maximum Gasteiger partial charge on any atom is 0.303 e. The minimum absolute atomic E-state index is 0.00742. The van der Waals surface area contributed by atoms with Crippen LogP contribution in [0.2, 0.25) is 0 Å². The second-order valence-corrected chi connectivity index (χ2v) is 5.62. The van der Waals surface area contributed by atoms with Crippen LogP contribution in [-0.2, 0) is 4.74 Å². The van der Waals surface area contributed by atoms with E-state index in [-0.39, 0.29) is 28.5 Å². The third-order valence-corrected chi connectivity index (χ3v) is 4.11. The normalized spacial score (nSPS) is 11.4. The number of aromatic nitrogens is 1. The van der Waals surface area contributed by atoms with Gasteiger partial charge in [-0.3, -0.25) is 0 Å². The first-order chi connectivity index (χ1) is 13.5. The predicted molar refractivity (Wildman–Crippen MR) is 99.8 cm³/mol. The summed E-state index contributed by atoms with van der Waals surface area (Å²) in [6.45, 7) is 7.11. The first kappa shape index (κ1) is 18.8. The van der Waals surface area contributed by atoms with E-state index in [2.05, 4.69) is 9.83 Å². The van der Waals surface area contributed by atoms with E-state index in [0.717, 1.165) is 0 Å². The summed E-state index contributed by atoms with van der Waals surface area (Å²) in [5, 5.41) is 9.48. The number of fused-ring (bicyclic) bond motifs is 1. The lowest BCUT2D eigenvalue weighted by molar-refractivity contribution is 0.368. The second-order valence-electron chi connectivity index (χ2n) is 5.62. The molecule has 0 saturated carbocycles. The molecule has 0 unspecified atom stereocenters. The molecule has 0 amide bonds. The Balaban J connectivity index is 2.34. The molecule has 0 spiro atoms. The quantitative estimate of drug-likeness (QED) is 0.367. The van der Waals surface area contributed by atoms with E-state index < -0.39 is 11.6 Å². The molecule has 0 aliphatic heterocycles. The molecule has 5 nitrogen and oxygen atoms in total. The van der Waals surface area contributed by atoms with Crippen molar-refractivity contribution in [2.24, 2.45) is 0 Å². The van der Waals surface area contributed by atoms with E-state index in [1.165, 1.54) is 38.5 Å². The van der Waals surface area contributed by atoms with E-state index in [4.69, 9.17) is 21.3 Å². The van der Waals surface area contributed by atoms with Crippen molar-refractivity contribution >= 4 is 16.7 Å². The van der Waals surface area contributed by atoms with Crippen molar-refractivity contribution in [1.29, 1.82) is 5.26 Å². The average Bonchev–Trinajstić information content (AvgIpc) is 2.72. The van der Waals surface area contributed by atoms with Gasteiger partial charge in [-0.15, -0.1) is 0 Å². The number of nitriles is 1. The van der Waals surface area contributed by atoms with Gasteiger partial charge in [-0.25, -0.2) is 23.9 Å². The number of hydrogen-bond donors (Lipinski definition) is 0. The summed E-state index contributed by atoms with van der Waals surface area (Å²) in [4.78, 5) is 7.42. The minimum Gasteiger partial charge on any atom is -0.506 e. The van der Waals surface area contributed by atoms with Gasteiger partial charge in [0.15, 0.2) is 11.6 Å². The molecular formula is C21H13F2N3O2. The van der Waals surface area contributed by atoms with Gasteiger partial charge in [-0.05, 0) is 24.3 Å². The number of halogens is 2. The fraction of sp³-hybridized carbons (Fsp3) is 0.0952. The molecule has 0 atom stereocenters. The van der Waals surface area contributed by atoms with Crippen LogP contribution in [0.4, 0.5) is 8.78 Å². The Bertz CT molecular complexity index is 1170. The third kappa shape index (κ3) is 3.10. The zero-order valence-corrected chi connectivity index (χ0v) is 15.0. The van der Waals surface area contributed by atoms with Crippen molar-refractivity contribution in [1.82, 2.24) is 4.98 Å². The molecule has 1 aromatic heterocycles. The predicted octanol–water partition coefficient (Wildman–Crippen LogP) is 4.95. The Kier molecular flexibility index (Phi) is 5.19. The number of nitrogens with zero attached hydrogens (tertiary/aromatic N) is 3. The van der Waals surface area contributed by atoms with E-state index in [9.17, 15) is 8.78 Å². The Hall–Kier alpha value is -3.97. The maximum absolute atomic E-state index is 15.0. The average molecular weight is 377 g/mol. The molecular weight excluding hydrogens is 364 g/mol. The largest absolute Gasteiger partial charge is 0.506 e. The monoisotopic (exact) mass is 377 g/mol. The molecule has 3 aromatic rings. The summed E-state index contributed by atoms with van der Waals surface area (Å²) < 4.78 is 39.6. The lowest BCUT2D eigenvalue weighted by Gasteiger charge is -2.13. The lowest BCUT2D eigenvalue weighted by atomic mass is 10.0. The van der Waals surface area contributed by atoms with Crippen LogP contribution in [0.25, 0.3) is 32.8 Å². The minimum atomic E-state index is -0.783. The van der Waals surface area contributed by atoms with E-state index in [0.29, 0.717) is 16.5 Å². The third-order valence-electron chi connectivity index (χ3n) is 4.11. The van der Waals surface area contributed by atoms with E-state index in [1.807, 2.05) is 0 Å². The summed E-state index contributed by atoms with van der Waals surface area (Å²) in [5.41, 5.74) is 0.263. The van der Waals surface area contributed by atoms with Crippen LogP contribution in [0.15, 0.2) is 48.2 Å². The molecule has 138 valence electrons. The van der Waals surface area contributed by atoms with Gasteiger partial charge >= 0.3 is 5.70 Å². The zero-order chi connectivity index (χ0) is 20.3. The molecule has 28 heavy (non-hydrogen) atoms. The Labute approximate surface area is 159 Å². The Morgan fingerprint density at radius 2 is 1.93 bits per heavy atom. The Morgan fingerprint density at radius 3 is 2.54 bits per heavy atom. The molecule has 1 heterocycles. The summed E-state index contributed by atoms with van der Waals surface area (Å²) in [6.07, 6.45) is 0. The number of ether oxygens (including phenoxy) is 2. The van der Waals surface area contributed by atoms with Crippen molar-refractivity contribution in [2.75, 3.05) is 14.2 Å². The van der Waals surface area contributed by atoms with Crippen LogP contribution in [-0.4, -0.2) is 19.2 Å². The van der Waals surface area contributed by atoms with Gasteiger partial charge in [-0.2, -0.15) is 0 Å². The zero-order valence-electron chi connectivity index (χ0n) is 15.0. The van der Waals surface area contributed by atoms with Crippen LogP contribution >= 0.6 is 0 Å². The summed E-state index contributed by atoms with van der Waals surface area (Å²) >= 11 is 0. The molecule has 7 heteroatoms. The van der Waals surface area contributed by atoms with Crippen molar-refractivity contribution in [3.63, 3.8) is 0 Å². The van der Waals surface area contributed by atoms with Gasteiger partial charge in [0, 0.05) is 16.5 Å². The smallest absolute Gasteiger partial charge is 0.303 e. The van der Waals surface area contributed by atoms with Gasteiger partial charge in [-0.1, -0.05) is 18.2 Å². The number of methoxy groups -OCH3 is 2. The molecule has 0 saturated heterocycles. The number of benzene rings is 2. The SMILES string of the molecule is [C-]#[N+]/C(C#N)=C(\OC)c1ccc2c(OC)c(F)c(-c3ccccc3F)nc2c1. The second kappa shape index (κ2) is 7.73.